The highest BCUT2D eigenvalue weighted by atomic mass is 16.5. The van der Waals surface area contributed by atoms with Crippen molar-refractivity contribution in [2.24, 2.45) is 11.8 Å². The smallest absolute Gasteiger partial charge is 0.308 e. The average molecular weight is 352 g/mol. The fraction of sp³-hybridized carbons (Fsp3) is 0.364. The Morgan fingerprint density at radius 2 is 1.46 bits per heavy atom. The third kappa shape index (κ3) is 3.79. The van der Waals surface area contributed by atoms with E-state index < -0.39 is 0 Å². The first-order valence-electron chi connectivity index (χ1n) is 8.94. The molecule has 0 bridgehead atoms. The van der Waals surface area contributed by atoms with E-state index in [1.165, 1.54) is 30.5 Å². The lowest BCUT2D eigenvalue weighted by atomic mass is 9.68. The number of carbonyl (C=O) groups is 2. The van der Waals surface area contributed by atoms with E-state index in [4.69, 9.17) is 9.47 Å². The Morgan fingerprint density at radius 3 is 2.08 bits per heavy atom. The van der Waals surface area contributed by atoms with E-state index in [-0.39, 0.29) is 17.9 Å². The van der Waals surface area contributed by atoms with Crippen LogP contribution in [0.15, 0.2) is 42.5 Å². The summed E-state index contributed by atoms with van der Waals surface area (Å²) in [4.78, 5) is 22.4. The second-order valence-electron chi connectivity index (χ2n) is 7.14. The molecule has 0 radical (unpaired) electrons. The number of hydrogen-bond donors (Lipinski definition) is 0. The van der Waals surface area contributed by atoms with Crippen LogP contribution in [0.4, 0.5) is 0 Å². The van der Waals surface area contributed by atoms with Crippen molar-refractivity contribution in [3.05, 3.63) is 59.2 Å². The SMILES string of the molecule is CC(=O)Oc1ccc(C2c3cc(OC(C)=O)ccc3CC(C)C2C)cc1. The van der Waals surface area contributed by atoms with Gasteiger partial charge in [0.1, 0.15) is 11.5 Å². The molecule has 136 valence electrons. The van der Waals surface area contributed by atoms with Gasteiger partial charge in [0.05, 0.1) is 0 Å². The fourth-order valence-electron chi connectivity index (χ4n) is 3.81. The highest BCUT2D eigenvalue weighted by molar-refractivity contribution is 5.70. The van der Waals surface area contributed by atoms with Gasteiger partial charge in [-0.05, 0) is 59.2 Å². The fourth-order valence-corrected chi connectivity index (χ4v) is 3.81. The molecule has 0 saturated carbocycles. The van der Waals surface area contributed by atoms with E-state index in [1.54, 1.807) is 0 Å². The summed E-state index contributed by atoms with van der Waals surface area (Å²) < 4.78 is 10.4. The van der Waals surface area contributed by atoms with Gasteiger partial charge in [-0.15, -0.1) is 0 Å². The van der Waals surface area contributed by atoms with E-state index in [0.29, 0.717) is 23.3 Å². The van der Waals surface area contributed by atoms with E-state index in [1.807, 2.05) is 36.4 Å². The van der Waals surface area contributed by atoms with Crippen LogP contribution in [-0.4, -0.2) is 11.9 Å². The molecule has 3 unspecified atom stereocenters. The van der Waals surface area contributed by atoms with E-state index in [2.05, 4.69) is 19.9 Å². The Labute approximate surface area is 154 Å². The molecule has 2 aromatic rings. The molecule has 0 spiro atoms. The summed E-state index contributed by atoms with van der Waals surface area (Å²) in [7, 11) is 0. The Hall–Kier alpha value is -2.62. The summed E-state index contributed by atoms with van der Waals surface area (Å²) in [6.07, 6.45) is 1.01. The standard InChI is InChI=1S/C22H24O4/c1-13-11-18-7-10-20(26-16(4)24)12-21(18)22(14(13)2)17-5-8-19(9-6-17)25-15(3)23/h5-10,12-14,22H,11H2,1-4H3. The highest BCUT2D eigenvalue weighted by Crippen LogP contribution is 2.44. The molecular weight excluding hydrogens is 328 g/mol. The molecule has 0 aromatic heterocycles. The maximum Gasteiger partial charge on any atom is 0.308 e. The van der Waals surface area contributed by atoms with Gasteiger partial charge in [-0.3, -0.25) is 9.59 Å². The Bertz CT molecular complexity index is 823. The number of ether oxygens (including phenoxy) is 2. The Balaban J connectivity index is 2.00. The van der Waals surface area contributed by atoms with Gasteiger partial charge in [0.2, 0.25) is 0 Å². The lowest BCUT2D eigenvalue weighted by Gasteiger charge is -2.36. The van der Waals surface area contributed by atoms with Gasteiger partial charge in [0.15, 0.2) is 0 Å². The van der Waals surface area contributed by atoms with Crippen LogP contribution in [-0.2, 0) is 16.0 Å². The average Bonchev–Trinajstić information content (AvgIpc) is 2.56. The minimum atomic E-state index is -0.325. The van der Waals surface area contributed by atoms with Crippen LogP contribution in [0, 0.1) is 11.8 Å². The molecule has 1 aliphatic carbocycles. The number of esters is 2. The number of rotatable bonds is 3. The first-order chi connectivity index (χ1) is 12.3. The second-order valence-corrected chi connectivity index (χ2v) is 7.14. The van der Waals surface area contributed by atoms with Crippen molar-refractivity contribution in [1.29, 1.82) is 0 Å². The maximum absolute atomic E-state index is 11.3. The molecule has 1 aliphatic rings. The molecule has 0 amide bonds. The molecule has 4 nitrogen and oxygen atoms in total. The maximum atomic E-state index is 11.3. The summed E-state index contributed by atoms with van der Waals surface area (Å²) in [5.41, 5.74) is 3.66. The molecule has 26 heavy (non-hydrogen) atoms. The number of fused-ring (bicyclic) bond motifs is 1. The molecule has 2 aromatic carbocycles. The first kappa shape index (κ1) is 18.2. The van der Waals surface area contributed by atoms with Crippen molar-refractivity contribution in [2.75, 3.05) is 0 Å². The van der Waals surface area contributed by atoms with Crippen LogP contribution in [0.25, 0.3) is 0 Å². The van der Waals surface area contributed by atoms with Crippen molar-refractivity contribution in [3.8, 4) is 11.5 Å². The summed E-state index contributed by atoms with van der Waals surface area (Å²) in [5.74, 6) is 1.68. The molecule has 0 N–H and O–H groups in total. The Morgan fingerprint density at radius 1 is 0.885 bits per heavy atom. The van der Waals surface area contributed by atoms with Gasteiger partial charge in [-0.1, -0.05) is 32.0 Å². The lowest BCUT2D eigenvalue weighted by Crippen LogP contribution is -2.26. The number of hydrogen-bond acceptors (Lipinski definition) is 4. The molecule has 4 heteroatoms. The largest absolute Gasteiger partial charge is 0.427 e. The van der Waals surface area contributed by atoms with Gasteiger partial charge >= 0.3 is 11.9 Å². The van der Waals surface area contributed by atoms with Gasteiger partial charge in [-0.2, -0.15) is 0 Å². The molecule has 0 saturated heterocycles. The summed E-state index contributed by atoms with van der Waals surface area (Å²) in [6.45, 7) is 7.34. The first-order valence-corrected chi connectivity index (χ1v) is 8.94. The summed E-state index contributed by atoms with van der Waals surface area (Å²) in [5, 5.41) is 0. The zero-order valence-corrected chi connectivity index (χ0v) is 15.6. The second kappa shape index (κ2) is 7.32. The molecule has 3 rings (SSSR count). The molecule has 0 heterocycles. The molecule has 0 aliphatic heterocycles. The van der Waals surface area contributed by atoms with Crippen LogP contribution in [0.2, 0.25) is 0 Å². The molecular formula is C22H24O4. The van der Waals surface area contributed by atoms with Crippen molar-refractivity contribution < 1.29 is 19.1 Å². The number of carbonyl (C=O) groups excluding carboxylic acids is 2. The Kier molecular flexibility index (Phi) is 5.12. The normalized spacial score (nSPS) is 21.6. The van der Waals surface area contributed by atoms with Crippen LogP contribution < -0.4 is 9.47 Å². The third-order valence-corrected chi connectivity index (χ3v) is 5.18. The predicted molar refractivity (Wildman–Crippen MR) is 99.4 cm³/mol. The van der Waals surface area contributed by atoms with Crippen LogP contribution >= 0.6 is 0 Å². The zero-order chi connectivity index (χ0) is 18.8. The lowest BCUT2D eigenvalue weighted by molar-refractivity contribution is -0.132. The number of benzene rings is 2. The van der Waals surface area contributed by atoms with Gasteiger partial charge in [-0.25, -0.2) is 0 Å². The topological polar surface area (TPSA) is 52.6 Å². The summed E-state index contributed by atoms with van der Waals surface area (Å²) in [6, 6.07) is 13.6. The van der Waals surface area contributed by atoms with Crippen LogP contribution in [0.3, 0.4) is 0 Å². The summed E-state index contributed by atoms with van der Waals surface area (Å²) >= 11 is 0. The van der Waals surface area contributed by atoms with Crippen molar-refractivity contribution in [3.63, 3.8) is 0 Å². The van der Waals surface area contributed by atoms with Crippen molar-refractivity contribution in [1.82, 2.24) is 0 Å². The molecule has 0 fully saturated rings. The monoisotopic (exact) mass is 352 g/mol. The zero-order valence-electron chi connectivity index (χ0n) is 15.6. The molecule has 3 atom stereocenters. The predicted octanol–water partition coefficient (Wildman–Crippen LogP) is 4.50. The van der Waals surface area contributed by atoms with Crippen molar-refractivity contribution in [2.45, 2.75) is 40.0 Å². The van der Waals surface area contributed by atoms with Crippen LogP contribution in [0.5, 0.6) is 11.5 Å². The third-order valence-electron chi connectivity index (χ3n) is 5.18. The van der Waals surface area contributed by atoms with E-state index in [0.717, 1.165) is 6.42 Å². The van der Waals surface area contributed by atoms with Gasteiger partial charge in [0.25, 0.3) is 0 Å². The van der Waals surface area contributed by atoms with E-state index >= 15 is 0 Å². The van der Waals surface area contributed by atoms with Gasteiger partial charge < -0.3 is 9.47 Å². The van der Waals surface area contributed by atoms with E-state index in [9.17, 15) is 9.59 Å². The van der Waals surface area contributed by atoms with Crippen molar-refractivity contribution >= 4 is 11.9 Å². The quantitative estimate of drug-likeness (QED) is 0.603. The minimum absolute atomic E-state index is 0.204. The minimum Gasteiger partial charge on any atom is -0.427 e. The van der Waals surface area contributed by atoms with Gasteiger partial charge in [0, 0.05) is 19.8 Å². The van der Waals surface area contributed by atoms with Crippen LogP contribution in [0.1, 0.15) is 50.3 Å². The highest BCUT2D eigenvalue weighted by Gasteiger charge is 2.33.